The number of nitrogens with zero attached hydrogens (tertiary/aromatic N) is 1. The highest BCUT2D eigenvalue weighted by Gasteiger charge is 2.18. The first kappa shape index (κ1) is 12.5. The maximum absolute atomic E-state index is 2.54. The van der Waals surface area contributed by atoms with Gasteiger partial charge in [0.1, 0.15) is 0 Å². The summed E-state index contributed by atoms with van der Waals surface area (Å²) >= 11 is 0. The topological polar surface area (TPSA) is 3.24 Å². The van der Waals surface area contributed by atoms with Crippen molar-refractivity contribution in [3.05, 3.63) is 29.8 Å². The number of hydrogen-bond donors (Lipinski definition) is 0. The van der Waals surface area contributed by atoms with Gasteiger partial charge in [0.2, 0.25) is 0 Å². The minimum atomic E-state index is 0.983. The molecule has 0 atom stereocenters. The molecule has 94 valence electrons. The van der Waals surface area contributed by atoms with Gasteiger partial charge in [0, 0.05) is 18.8 Å². The minimum absolute atomic E-state index is 0.983. The lowest BCUT2D eigenvalue weighted by molar-refractivity contribution is 0.371. The molecule has 0 amide bonds. The van der Waals surface area contributed by atoms with Gasteiger partial charge in [-0.3, -0.25) is 0 Å². The number of unbranched alkanes of at least 4 members (excludes halogenated alkanes) is 1. The van der Waals surface area contributed by atoms with E-state index in [2.05, 4.69) is 43.0 Å². The van der Waals surface area contributed by atoms with Gasteiger partial charge in [0.15, 0.2) is 0 Å². The molecule has 0 bridgehead atoms. The second-order valence-corrected chi connectivity index (χ2v) is 5.41. The summed E-state index contributed by atoms with van der Waals surface area (Å²) in [7, 11) is 0. The predicted molar refractivity (Wildman–Crippen MR) is 75.6 cm³/mol. The van der Waals surface area contributed by atoms with Gasteiger partial charge in [-0.05, 0) is 37.8 Å². The molecule has 1 saturated heterocycles. The van der Waals surface area contributed by atoms with E-state index in [-0.39, 0.29) is 0 Å². The van der Waals surface area contributed by atoms with Crippen molar-refractivity contribution in [2.45, 2.75) is 46.0 Å². The molecule has 1 aromatic rings. The summed E-state index contributed by atoms with van der Waals surface area (Å²) in [4.78, 5) is 2.54. The van der Waals surface area contributed by atoms with Crippen LogP contribution in [0.5, 0.6) is 0 Å². The Morgan fingerprint density at radius 2 is 1.76 bits per heavy atom. The molecule has 1 aliphatic rings. The molecule has 0 spiro atoms. The average molecular weight is 231 g/mol. The maximum Gasteiger partial charge on any atom is 0.0366 e. The van der Waals surface area contributed by atoms with Crippen LogP contribution in [0.2, 0.25) is 0 Å². The van der Waals surface area contributed by atoms with Crippen LogP contribution in [0.3, 0.4) is 0 Å². The number of anilines is 1. The second-order valence-electron chi connectivity index (χ2n) is 5.41. The summed E-state index contributed by atoms with van der Waals surface area (Å²) in [6, 6.07) is 8.97. The summed E-state index contributed by atoms with van der Waals surface area (Å²) < 4.78 is 0. The summed E-state index contributed by atoms with van der Waals surface area (Å²) in [6.45, 7) is 6.94. The highest BCUT2D eigenvalue weighted by Crippen LogP contribution is 2.26. The number of hydrogen-bond acceptors (Lipinski definition) is 1. The zero-order chi connectivity index (χ0) is 12.1. The second kappa shape index (κ2) is 6.09. The molecule has 0 aromatic heterocycles. The first-order valence-corrected chi connectivity index (χ1v) is 7.11. The van der Waals surface area contributed by atoms with Crippen LogP contribution in [0.15, 0.2) is 24.3 Å². The Bertz CT molecular complexity index is 320. The Morgan fingerprint density at radius 1 is 1.12 bits per heavy atom. The van der Waals surface area contributed by atoms with Gasteiger partial charge in [0.05, 0.1) is 0 Å². The van der Waals surface area contributed by atoms with Crippen LogP contribution in [-0.2, 0) is 0 Å². The normalized spacial score (nSPS) is 17.4. The molecule has 17 heavy (non-hydrogen) atoms. The SMILES string of the molecule is CCCCC1CCN(c2ccc(C)cc2)CC1. The summed E-state index contributed by atoms with van der Waals surface area (Å²) in [5.41, 5.74) is 2.76. The standard InChI is InChI=1S/C16H25N/c1-3-4-5-15-10-12-17(13-11-15)16-8-6-14(2)7-9-16/h6-9,15H,3-5,10-13H2,1-2H3. The average Bonchev–Trinajstić information content (AvgIpc) is 2.38. The number of piperidine rings is 1. The number of aryl methyl sites for hydroxylation is 1. The van der Waals surface area contributed by atoms with E-state index in [0.29, 0.717) is 0 Å². The molecule has 1 heteroatoms. The third-order valence-corrected chi connectivity index (χ3v) is 3.98. The van der Waals surface area contributed by atoms with Crippen LogP contribution in [-0.4, -0.2) is 13.1 Å². The summed E-state index contributed by atoms with van der Waals surface area (Å²) in [5, 5.41) is 0. The van der Waals surface area contributed by atoms with Crippen molar-refractivity contribution in [2.75, 3.05) is 18.0 Å². The fourth-order valence-electron chi connectivity index (χ4n) is 2.73. The lowest BCUT2D eigenvalue weighted by Gasteiger charge is -2.33. The smallest absolute Gasteiger partial charge is 0.0366 e. The van der Waals surface area contributed by atoms with Gasteiger partial charge in [-0.2, -0.15) is 0 Å². The van der Waals surface area contributed by atoms with Crippen LogP contribution in [0.25, 0.3) is 0 Å². The van der Waals surface area contributed by atoms with E-state index in [9.17, 15) is 0 Å². The van der Waals surface area contributed by atoms with Crippen LogP contribution in [0.4, 0.5) is 5.69 Å². The Morgan fingerprint density at radius 3 is 2.35 bits per heavy atom. The molecular formula is C16H25N. The lowest BCUT2D eigenvalue weighted by Crippen LogP contribution is -2.33. The van der Waals surface area contributed by atoms with Crippen molar-refractivity contribution in [1.82, 2.24) is 0 Å². The third kappa shape index (κ3) is 3.49. The van der Waals surface area contributed by atoms with E-state index < -0.39 is 0 Å². The molecule has 0 unspecified atom stereocenters. The van der Waals surface area contributed by atoms with Gasteiger partial charge >= 0.3 is 0 Å². The highest BCUT2D eigenvalue weighted by molar-refractivity contribution is 5.47. The molecule has 1 nitrogen and oxygen atoms in total. The van der Waals surface area contributed by atoms with Gasteiger partial charge in [0.25, 0.3) is 0 Å². The Labute approximate surface area is 106 Å². The molecule has 1 fully saturated rings. The molecule has 1 aromatic carbocycles. The van der Waals surface area contributed by atoms with Crippen molar-refractivity contribution in [1.29, 1.82) is 0 Å². The molecule has 0 N–H and O–H groups in total. The van der Waals surface area contributed by atoms with E-state index in [1.807, 2.05) is 0 Å². The van der Waals surface area contributed by atoms with Gasteiger partial charge in [-0.15, -0.1) is 0 Å². The van der Waals surface area contributed by atoms with Crippen molar-refractivity contribution in [3.63, 3.8) is 0 Å². The monoisotopic (exact) mass is 231 g/mol. The van der Waals surface area contributed by atoms with Crippen LogP contribution < -0.4 is 4.90 Å². The Kier molecular flexibility index (Phi) is 4.47. The fraction of sp³-hybridized carbons (Fsp3) is 0.625. The zero-order valence-electron chi connectivity index (χ0n) is 11.3. The van der Waals surface area contributed by atoms with E-state index in [1.54, 1.807) is 0 Å². The van der Waals surface area contributed by atoms with E-state index >= 15 is 0 Å². The number of benzene rings is 1. The Hall–Kier alpha value is -0.980. The molecule has 0 aliphatic carbocycles. The lowest BCUT2D eigenvalue weighted by atomic mass is 9.91. The largest absolute Gasteiger partial charge is 0.372 e. The highest BCUT2D eigenvalue weighted by atomic mass is 15.1. The van der Waals surface area contributed by atoms with E-state index in [1.165, 1.54) is 56.4 Å². The molecule has 2 rings (SSSR count). The van der Waals surface area contributed by atoms with Crippen molar-refractivity contribution in [2.24, 2.45) is 5.92 Å². The summed E-state index contributed by atoms with van der Waals surface area (Å²) in [6.07, 6.45) is 6.97. The van der Waals surface area contributed by atoms with Crippen LogP contribution >= 0.6 is 0 Å². The minimum Gasteiger partial charge on any atom is -0.372 e. The van der Waals surface area contributed by atoms with Crippen molar-refractivity contribution < 1.29 is 0 Å². The number of rotatable bonds is 4. The third-order valence-electron chi connectivity index (χ3n) is 3.98. The fourth-order valence-corrected chi connectivity index (χ4v) is 2.73. The molecule has 0 radical (unpaired) electrons. The zero-order valence-corrected chi connectivity index (χ0v) is 11.3. The van der Waals surface area contributed by atoms with Crippen LogP contribution in [0, 0.1) is 12.8 Å². The van der Waals surface area contributed by atoms with Gasteiger partial charge in [-0.25, -0.2) is 0 Å². The summed E-state index contributed by atoms with van der Waals surface area (Å²) in [5.74, 6) is 0.983. The molecular weight excluding hydrogens is 206 g/mol. The first-order chi connectivity index (χ1) is 8.29. The quantitative estimate of drug-likeness (QED) is 0.742. The first-order valence-electron chi connectivity index (χ1n) is 7.11. The Balaban J connectivity index is 1.84. The molecule has 1 aliphatic heterocycles. The van der Waals surface area contributed by atoms with E-state index in [4.69, 9.17) is 0 Å². The molecule has 1 heterocycles. The van der Waals surface area contributed by atoms with E-state index in [0.717, 1.165) is 5.92 Å². The van der Waals surface area contributed by atoms with Crippen molar-refractivity contribution in [3.8, 4) is 0 Å². The van der Waals surface area contributed by atoms with Gasteiger partial charge < -0.3 is 4.90 Å². The van der Waals surface area contributed by atoms with Gasteiger partial charge in [-0.1, -0.05) is 43.9 Å². The van der Waals surface area contributed by atoms with Crippen molar-refractivity contribution >= 4 is 5.69 Å². The molecule has 0 saturated carbocycles. The van der Waals surface area contributed by atoms with Crippen LogP contribution in [0.1, 0.15) is 44.6 Å². The maximum atomic E-state index is 2.54. The predicted octanol–water partition coefficient (Wildman–Crippen LogP) is 4.40.